The van der Waals surface area contributed by atoms with Crippen LogP contribution >= 0.6 is 15.9 Å². The first-order valence-electron chi connectivity index (χ1n) is 3.75. The lowest BCUT2D eigenvalue weighted by Gasteiger charge is -2.04. The van der Waals surface area contributed by atoms with Gasteiger partial charge in [-0.15, -0.1) is 0 Å². The molecule has 0 bridgehead atoms. The van der Waals surface area contributed by atoms with Gasteiger partial charge in [0.05, 0.1) is 6.61 Å². The van der Waals surface area contributed by atoms with E-state index < -0.39 is 0 Å². The number of alkyl halides is 1. The normalized spacial score (nSPS) is 9.83. The molecule has 1 aromatic rings. The van der Waals surface area contributed by atoms with Gasteiger partial charge in [0.1, 0.15) is 12.4 Å². The highest BCUT2D eigenvalue weighted by atomic mass is 79.9. The van der Waals surface area contributed by atoms with Crippen LogP contribution in [0, 0.1) is 0 Å². The van der Waals surface area contributed by atoms with Crippen molar-refractivity contribution >= 4 is 15.9 Å². The number of benzene rings is 1. The van der Waals surface area contributed by atoms with E-state index in [1.165, 1.54) is 5.56 Å². The van der Waals surface area contributed by atoms with Gasteiger partial charge in [-0.05, 0) is 17.7 Å². The zero-order valence-corrected chi connectivity index (χ0v) is 8.25. The smallest absolute Gasteiger partial charge is 0.119 e. The second-order valence-electron chi connectivity index (χ2n) is 2.35. The summed E-state index contributed by atoms with van der Waals surface area (Å²) in [5.74, 6) is 0.806. The average Bonchev–Trinajstić information content (AvgIpc) is 2.15. The third kappa shape index (κ3) is 2.83. The van der Waals surface area contributed by atoms with Crippen LogP contribution in [0.2, 0.25) is 0 Å². The Kier molecular flexibility index (Phi) is 4.11. The van der Waals surface area contributed by atoms with Gasteiger partial charge >= 0.3 is 0 Å². The second kappa shape index (κ2) is 5.17. The van der Waals surface area contributed by atoms with Crippen LogP contribution in [-0.2, 0) is 5.33 Å². The highest BCUT2D eigenvalue weighted by Gasteiger charge is 1.94. The molecule has 1 rings (SSSR count). The Morgan fingerprint density at radius 3 is 2.92 bits per heavy atom. The van der Waals surface area contributed by atoms with E-state index in [2.05, 4.69) is 15.9 Å². The van der Waals surface area contributed by atoms with E-state index in [0.717, 1.165) is 11.1 Å². The Labute approximate surface area is 80.3 Å². The topological polar surface area (TPSA) is 29.5 Å². The number of halogens is 1. The Bertz CT molecular complexity index is 238. The van der Waals surface area contributed by atoms with Crippen molar-refractivity contribution in [1.82, 2.24) is 0 Å². The van der Waals surface area contributed by atoms with Gasteiger partial charge in [-0.3, -0.25) is 0 Å². The molecule has 0 aromatic heterocycles. The van der Waals surface area contributed by atoms with Gasteiger partial charge in [-0.2, -0.15) is 0 Å². The molecular formula is C9H11BrO2. The number of aliphatic hydroxyl groups is 1. The maximum absolute atomic E-state index is 8.52. The lowest BCUT2D eigenvalue weighted by atomic mass is 10.2. The zero-order valence-electron chi connectivity index (χ0n) is 6.66. The molecule has 0 spiro atoms. The molecule has 0 radical (unpaired) electrons. The molecule has 3 heteroatoms. The maximum Gasteiger partial charge on any atom is 0.119 e. The molecule has 2 nitrogen and oxygen atoms in total. The summed E-state index contributed by atoms with van der Waals surface area (Å²) in [5, 5.41) is 9.34. The van der Waals surface area contributed by atoms with Gasteiger partial charge in [-0.1, -0.05) is 28.1 Å². The van der Waals surface area contributed by atoms with E-state index >= 15 is 0 Å². The fourth-order valence-corrected chi connectivity index (χ4v) is 1.23. The molecule has 0 saturated carbocycles. The van der Waals surface area contributed by atoms with Crippen molar-refractivity contribution < 1.29 is 9.84 Å². The highest BCUT2D eigenvalue weighted by Crippen LogP contribution is 2.14. The van der Waals surface area contributed by atoms with Crippen LogP contribution in [0.3, 0.4) is 0 Å². The standard InChI is InChI=1S/C9H11BrO2/c10-7-8-2-1-3-9(6-8)12-5-4-11/h1-3,6,11H,4-5,7H2. The van der Waals surface area contributed by atoms with Gasteiger partial charge in [0.15, 0.2) is 0 Å². The number of ether oxygens (including phenoxy) is 1. The monoisotopic (exact) mass is 230 g/mol. The second-order valence-corrected chi connectivity index (χ2v) is 2.91. The molecule has 12 heavy (non-hydrogen) atoms. The molecule has 0 heterocycles. The van der Waals surface area contributed by atoms with Gasteiger partial charge in [0, 0.05) is 5.33 Å². The van der Waals surface area contributed by atoms with Crippen molar-refractivity contribution in [2.24, 2.45) is 0 Å². The Balaban J connectivity index is 2.60. The van der Waals surface area contributed by atoms with Gasteiger partial charge in [0.2, 0.25) is 0 Å². The minimum absolute atomic E-state index is 0.0541. The largest absolute Gasteiger partial charge is 0.491 e. The Morgan fingerprint density at radius 2 is 2.25 bits per heavy atom. The maximum atomic E-state index is 8.52. The van der Waals surface area contributed by atoms with E-state index in [-0.39, 0.29) is 6.61 Å². The van der Waals surface area contributed by atoms with Crippen LogP contribution in [0.4, 0.5) is 0 Å². The minimum atomic E-state index is 0.0541. The zero-order chi connectivity index (χ0) is 8.81. The summed E-state index contributed by atoms with van der Waals surface area (Å²) in [6.07, 6.45) is 0. The lowest BCUT2D eigenvalue weighted by Crippen LogP contribution is -2.01. The van der Waals surface area contributed by atoms with E-state index in [4.69, 9.17) is 9.84 Å². The Hall–Kier alpha value is -0.540. The van der Waals surface area contributed by atoms with Crippen molar-refractivity contribution in [3.8, 4) is 5.75 Å². The predicted octanol–water partition coefficient (Wildman–Crippen LogP) is 1.95. The molecule has 0 fully saturated rings. The van der Waals surface area contributed by atoms with Gasteiger partial charge in [-0.25, -0.2) is 0 Å². The number of hydrogen-bond acceptors (Lipinski definition) is 2. The highest BCUT2D eigenvalue weighted by molar-refractivity contribution is 9.08. The van der Waals surface area contributed by atoms with Crippen molar-refractivity contribution in [3.05, 3.63) is 29.8 Å². The summed E-state index contributed by atoms with van der Waals surface area (Å²) in [6.45, 7) is 0.407. The van der Waals surface area contributed by atoms with Crippen LogP contribution in [0.25, 0.3) is 0 Å². The molecule has 66 valence electrons. The summed E-state index contributed by atoms with van der Waals surface area (Å²) in [7, 11) is 0. The van der Waals surface area contributed by atoms with Crippen molar-refractivity contribution in [2.45, 2.75) is 5.33 Å². The van der Waals surface area contributed by atoms with Gasteiger partial charge < -0.3 is 9.84 Å². The molecule has 0 saturated heterocycles. The van der Waals surface area contributed by atoms with E-state index in [1.54, 1.807) is 0 Å². The summed E-state index contributed by atoms with van der Waals surface area (Å²) in [5.41, 5.74) is 1.17. The van der Waals surface area contributed by atoms with Crippen LogP contribution in [-0.4, -0.2) is 18.3 Å². The third-order valence-electron chi connectivity index (χ3n) is 1.41. The van der Waals surface area contributed by atoms with Crippen LogP contribution < -0.4 is 4.74 Å². The molecule has 0 unspecified atom stereocenters. The van der Waals surface area contributed by atoms with Crippen molar-refractivity contribution in [3.63, 3.8) is 0 Å². The summed E-state index contributed by atoms with van der Waals surface area (Å²) >= 11 is 3.35. The number of rotatable bonds is 4. The van der Waals surface area contributed by atoms with Crippen LogP contribution in [0.1, 0.15) is 5.56 Å². The van der Waals surface area contributed by atoms with E-state index in [1.807, 2.05) is 24.3 Å². The Morgan fingerprint density at radius 1 is 1.42 bits per heavy atom. The average molecular weight is 231 g/mol. The van der Waals surface area contributed by atoms with E-state index in [9.17, 15) is 0 Å². The summed E-state index contributed by atoms with van der Waals surface area (Å²) in [4.78, 5) is 0. The van der Waals surface area contributed by atoms with Gasteiger partial charge in [0.25, 0.3) is 0 Å². The van der Waals surface area contributed by atoms with E-state index in [0.29, 0.717) is 6.61 Å². The van der Waals surface area contributed by atoms with Crippen LogP contribution in [0.15, 0.2) is 24.3 Å². The fraction of sp³-hybridized carbons (Fsp3) is 0.333. The molecule has 0 aliphatic rings. The molecule has 1 N–H and O–H groups in total. The first-order valence-corrected chi connectivity index (χ1v) is 4.87. The number of aliphatic hydroxyl groups excluding tert-OH is 1. The molecule has 0 aliphatic heterocycles. The summed E-state index contributed by atoms with van der Waals surface area (Å²) < 4.78 is 5.23. The molecular weight excluding hydrogens is 220 g/mol. The SMILES string of the molecule is OCCOc1cccc(CBr)c1. The molecule has 0 amide bonds. The molecule has 0 atom stereocenters. The third-order valence-corrected chi connectivity index (χ3v) is 2.06. The minimum Gasteiger partial charge on any atom is -0.491 e. The lowest BCUT2D eigenvalue weighted by molar-refractivity contribution is 0.201. The first kappa shape index (κ1) is 9.55. The molecule has 1 aromatic carbocycles. The van der Waals surface area contributed by atoms with Crippen LogP contribution in [0.5, 0.6) is 5.75 Å². The summed E-state index contributed by atoms with van der Waals surface area (Å²) in [6, 6.07) is 7.77. The number of hydrogen-bond donors (Lipinski definition) is 1. The van der Waals surface area contributed by atoms with Crippen molar-refractivity contribution in [2.75, 3.05) is 13.2 Å². The predicted molar refractivity (Wildman–Crippen MR) is 51.7 cm³/mol. The van der Waals surface area contributed by atoms with Crippen molar-refractivity contribution in [1.29, 1.82) is 0 Å². The quantitative estimate of drug-likeness (QED) is 0.802. The molecule has 0 aliphatic carbocycles. The fourth-order valence-electron chi connectivity index (χ4n) is 0.882. The first-order chi connectivity index (χ1) is 5.86.